The quantitative estimate of drug-likeness (QED) is 0.420. The topological polar surface area (TPSA) is 49.9 Å². The van der Waals surface area contributed by atoms with E-state index in [1.54, 1.807) is 0 Å². The molecule has 0 saturated carbocycles. The van der Waals surface area contributed by atoms with Gasteiger partial charge in [-0.05, 0) is 24.0 Å². The lowest BCUT2D eigenvalue weighted by molar-refractivity contribution is -0.140. The smallest absolute Gasteiger partial charge is 0.305 e. The molecule has 0 unspecified atom stereocenters. The van der Waals surface area contributed by atoms with E-state index in [2.05, 4.69) is 70.3 Å². The first-order valence-corrected chi connectivity index (χ1v) is 11.4. The predicted octanol–water partition coefficient (Wildman–Crippen LogP) is 4.43. The number of hydrogen-bond donors (Lipinski definition) is 0. The zero-order chi connectivity index (χ0) is 21.9. The van der Waals surface area contributed by atoms with Crippen molar-refractivity contribution in [1.29, 1.82) is 0 Å². The summed E-state index contributed by atoms with van der Waals surface area (Å²) in [6.45, 7) is 3.30. The molecule has 1 aliphatic rings. The third-order valence-corrected chi connectivity index (χ3v) is 6.01. The number of nitrogens with zero attached hydrogens (tertiary/aromatic N) is 2. The van der Waals surface area contributed by atoms with Gasteiger partial charge in [-0.25, -0.2) is 0 Å². The first-order chi connectivity index (χ1) is 15.2. The van der Waals surface area contributed by atoms with Crippen LogP contribution in [0.4, 0.5) is 0 Å². The van der Waals surface area contributed by atoms with Gasteiger partial charge < -0.3 is 9.64 Å². The third kappa shape index (κ3) is 6.93. The zero-order valence-corrected chi connectivity index (χ0v) is 18.5. The molecule has 2 aromatic carbocycles. The minimum atomic E-state index is -0.154. The van der Waals surface area contributed by atoms with Crippen LogP contribution in [0.5, 0.6) is 0 Å². The minimum absolute atomic E-state index is 0.154. The normalized spacial score (nSPS) is 14.6. The van der Waals surface area contributed by atoms with Crippen molar-refractivity contribution >= 4 is 11.9 Å². The summed E-state index contributed by atoms with van der Waals surface area (Å²) in [7, 11) is 1.42. The highest BCUT2D eigenvalue weighted by molar-refractivity contribution is 5.76. The number of unbranched alkanes of at least 4 members (excludes halogenated alkanes) is 3. The number of rotatable bonds is 10. The summed E-state index contributed by atoms with van der Waals surface area (Å²) in [5, 5.41) is 0. The van der Waals surface area contributed by atoms with E-state index in [0.717, 1.165) is 51.9 Å². The molecule has 31 heavy (non-hydrogen) atoms. The standard InChI is InChI=1S/C26H34N2O3/c1-31-25(30)17-11-3-2-10-16-24(29)27-18-20-28(21-19-27)26(22-12-6-4-7-13-22)23-14-8-5-9-15-23/h4-9,12-15,26H,2-3,10-11,16-21H2,1H3. The lowest BCUT2D eigenvalue weighted by Gasteiger charge is -2.40. The highest BCUT2D eigenvalue weighted by atomic mass is 16.5. The maximum Gasteiger partial charge on any atom is 0.305 e. The summed E-state index contributed by atoms with van der Waals surface area (Å²) in [4.78, 5) is 28.3. The van der Waals surface area contributed by atoms with Crippen molar-refractivity contribution in [2.24, 2.45) is 0 Å². The molecule has 1 saturated heterocycles. The second kappa shape index (κ2) is 12.3. The van der Waals surface area contributed by atoms with Crippen LogP contribution in [0, 0.1) is 0 Å². The Balaban J connectivity index is 1.47. The molecule has 0 spiro atoms. The Bertz CT molecular complexity index is 762. The van der Waals surface area contributed by atoms with Crippen molar-refractivity contribution in [3.63, 3.8) is 0 Å². The van der Waals surface area contributed by atoms with Crippen molar-refractivity contribution in [2.45, 2.75) is 44.6 Å². The largest absolute Gasteiger partial charge is 0.469 e. The molecule has 0 radical (unpaired) electrons. The van der Waals surface area contributed by atoms with Crippen molar-refractivity contribution in [2.75, 3.05) is 33.3 Å². The molecule has 1 amide bonds. The number of hydrogen-bond acceptors (Lipinski definition) is 4. The number of amides is 1. The van der Waals surface area contributed by atoms with Crippen LogP contribution in [0.2, 0.25) is 0 Å². The highest BCUT2D eigenvalue weighted by Crippen LogP contribution is 2.29. The molecule has 166 valence electrons. The predicted molar refractivity (Wildman–Crippen MR) is 123 cm³/mol. The van der Waals surface area contributed by atoms with Gasteiger partial charge in [0.05, 0.1) is 13.2 Å². The van der Waals surface area contributed by atoms with E-state index in [9.17, 15) is 9.59 Å². The van der Waals surface area contributed by atoms with Crippen LogP contribution >= 0.6 is 0 Å². The molecule has 3 rings (SSSR count). The molecule has 0 N–H and O–H groups in total. The fourth-order valence-electron chi connectivity index (χ4n) is 4.27. The number of piperazine rings is 1. The van der Waals surface area contributed by atoms with E-state index < -0.39 is 0 Å². The summed E-state index contributed by atoms with van der Waals surface area (Å²) in [6.07, 6.45) is 4.73. The number of carbonyl (C=O) groups excluding carboxylic acids is 2. The van der Waals surface area contributed by atoms with Gasteiger partial charge in [0.1, 0.15) is 0 Å². The molecule has 2 aromatic rings. The molecular formula is C26H34N2O3. The summed E-state index contributed by atoms with van der Waals surface area (Å²) < 4.78 is 4.65. The zero-order valence-electron chi connectivity index (χ0n) is 18.5. The van der Waals surface area contributed by atoms with E-state index >= 15 is 0 Å². The molecule has 0 aromatic heterocycles. The van der Waals surface area contributed by atoms with Crippen LogP contribution < -0.4 is 0 Å². The SMILES string of the molecule is COC(=O)CCCCCCC(=O)N1CCN(C(c2ccccc2)c2ccccc2)CC1. The Kier molecular flexibility index (Phi) is 9.10. The first kappa shape index (κ1) is 23.0. The minimum Gasteiger partial charge on any atom is -0.469 e. The summed E-state index contributed by atoms with van der Waals surface area (Å²) in [6, 6.07) is 21.5. The maximum atomic E-state index is 12.6. The van der Waals surface area contributed by atoms with Crippen LogP contribution in [0.3, 0.4) is 0 Å². The average Bonchev–Trinajstić information content (AvgIpc) is 2.83. The van der Waals surface area contributed by atoms with E-state index in [4.69, 9.17) is 0 Å². The lowest BCUT2D eigenvalue weighted by Crippen LogP contribution is -2.49. The number of ether oxygens (including phenoxy) is 1. The van der Waals surface area contributed by atoms with Gasteiger partial charge in [0.15, 0.2) is 0 Å². The Morgan fingerprint density at radius 2 is 1.29 bits per heavy atom. The molecule has 5 nitrogen and oxygen atoms in total. The molecular weight excluding hydrogens is 388 g/mol. The van der Waals surface area contributed by atoms with Gasteiger partial charge in [-0.3, -0.25) is 14.5 Å². The Morgan fingerprint density at radius 3 is 1.81 bits per heavy atom. The Labute approximate surface area is 186 Å². The Morgan fingerprint density at radius 1 is 0.774 bits per heavy atom. The van der Waals surface area contributed by atoms with Crippen LogP contribution in [0.25, 0.3) is 0 Å². The van der Waals surface area contributed by atoms with Crippen LogP contribution in [0.15, 0.2) is 60.7 Å². The fourth-order valence-corrected chi connectivity index (χ4v) is 4.27. The Hall–Kier alpha value is -2.66. The molecule has 5 heteroatoms. The molecule has 0 aliphatic carbocycles. The van der Waals surface area contributed by atoms with Gasteiger partial charge in [-0.15, -0.1) is 0 Å². The summed E-state index contributed by atoms with van der Waals surface area (Å²) in [5.41, 5.74) is 2.58. The van der Waals surface area contributed by atoms with Gasteiger partial charge in [-0.2, -0.15) is 0 Å². The van der Waals surface area contributed by atoms with E-state index in [-0.39, 0.29) is 17.9 Å². The fraction of sp³-hybridized carbons (Fsp3) is 0.462. The first-order valence-electron chi connectivity index (χ1n) is 11.4. The molecule has 1 heterocycles. The molecule has 1 fully saturated rings. The van der Waals surface area contributed by atoms with Gasteiger partial charge in [-0.1, -0.05) is 73.5 Å². The van der Waals surface area contributed by atoms with Gasteiger partial charge >= 0.3 is 5.97 Å². The second-order valence-electron chi connectivity index (χ2n) is 8.13. The molecule has 0 atom stereocenters. The van der Waals surface area contributed by atoms with E-state index in [0.29, 0.717) is 12.8 Å². The number of carbonyl (C=O) groups is 2. The van der Waals surface area contributed by atoms with Crippen molar-refractivity contribution in [1.82, 2.24) is 9.80 Å². The number of methoxy groups -OCH3 is 1. The van der Waals surface area contributed by atoms with Crippen LogP contribution in [0.1, 0.15) is 55.7 Å². The molecule has 1 aliphatic heterocycles. The average molecular weight is 423 g/mol. The highest BCUT2D eigenvalue weighted by Gasteiger charge is 2.27. The van der Waals surface area contributed by atoms with E-state index in [1.807, 2.05) is 4.90 Å². The lowest BCUT2D eigenvalue weighted by atomic mass is 9.96. The van der Waals surface area contributed by atoms with Gasteiger partial charge in [0.25, 0.3) is 0 Å². The third-order valence-electron chi connectivity index (χ3n) is 6.01. The monoisotopic (exact) mass is 422 g/mol. The molecule has 0 bridgehead atoms. The maximum absolute atomic E-state index is 12.6. The number of esters is 1. The van der Waals surface area contributed by atoms with Gasteiger partial charge in [0, 0.05) is 39.0 Å². The second-order valence-corrected chi connectivity index (χ2v) is 8.13. The van der Waals surface area contributed by atoms with Crippen LogP contribution in [-0.4, -0.2) is 55.0 Å². The summed E-state index contributed by atoms with van der Waals surface area (Å²) >= 11 is 0. The van der Waals surface area contributed by atoms with Crippen LogP contribution in [-0.2, 0) is 14.3 Å². The van der Waals surface area contributed by atoms with Crippen molar-refractivity contribution in [3.05, 3.63) is 71.8 Å². The van der Waals surface area contributed by atoms with Crippen molar-refractivity contribution in [3.8, 4) is 0 Å². The van der Waals surface area contributed by atoms with Gasteiger partial charge in [0.2, 0.25) is 5.91 Å². The summed E-state index contributed by atoms with van der Waals surface area (Å²) in [5.74, 6) is 0.0989. The number of benzene rings is 2. The van der Waals surface area contributed by atoms with E-state index in [1.165, 1.54) is 18.2 Å². The van der Waals surface area contributed by atoms with Crippen molar-refractivity contribution < 1.29 is 14.3 Å².